The maximum absolute atomic E-state index is 11.4. The Labute approximate surface area is 88.0 Å². The van der Waals surface area contributed by atoms with Crippen LogP contribution in [0.15, 0.2) is 12.4 Å². The fraction of sp³-hybridized carbons (Fsp3) is 0.556. The largest absolute Gasteiger partial charge is 0.391 e. The van der Waals surface area contributed by atoms with Crippen LogP contribution in [0.4, 0.5) is 0 Å². The van der Waals surface area contributed by atoms with E-state index in [1.807, 2.05) is 0 Å². The highest BCUT2D eigenvalue weighted by molar-refractivity contribution is 5.77. The molecule has 1 aromatic rings. The highest BCUT2D eigenvalue weighted by atomic mass is 16.5. The van der Waals surface area contributed by atoms with Gasteiger partial charge < -0.3 is 21.2 Å². The summed E-state index contributed by atoms with van der Waals surface area (Å²) in [4.78, 5) is 17.8. The molecular weight excluding hydrogens is 196 g/mol. The van der Waals surface area contributed by atoms with Gasteiger partial charge in [-0.3, -0.25) is 0 Å². The molecule has 1 heterocycles. The van der Waals surface area contributed by atoms with E-state index in [2.05, 4.69) is 9.97 Å². The summed E-state index contributed by atoms with van der Waals surface area (Å²) < 4.78 is 4.88. The monoisotopic (exact) mass is 212 g/mol. The summed E-state index contributed by atoms with van der Waals surface area (Å²) in [6.45, 7) is 0.611. The van der Waals surface area contributed by atoms with Crippen LogP contribution in [-0.4, -0.2) is 28.5 Å². The minimum Gasteiger partial charge on any atom is -0.391 e. The normalized spacial score (nSPS) is 12.4. The van der Waals surface area contributed by atoms with Crippen LogP contribution < -0.4 is 16.2 Å². The molecule has 0 bridgehead atoms. The average Bonchev–Trinajstić information content (AvgIpc) is 2.70. The highest BCUT2D eigenvalue weighted by Gasteiger charge is 2.16. The molecule has 0 aromatic carbocycles. The van der Waals surface area contributed by atoms with E-state index in [0.717, 1.165) is 12.8 Å². The zero-order valence-electron chi connectivity index (χ0n) is 8.48. The molecule has 0 saturated carbocycles. The van der Waals surface area contributed by atoms with Crippen molar-refractivity contribution in [2.45, 2.75) is 25.3 Å². The minimum absolute atomic E-state index is 0.175. The standard InChI is InChI=1S/C9H16N4O2/c10-4-2-1-3-7(11)8(14)15-9-12-5-6-13-9/h5-7H,1-4,10-11H2,(H,12,13)/t7-/m0/s1. The van der Waals surface area contributed by atoms with Crippen LogP contribution in [-0.2, 0) is 4.79 Å². The number of aromatic amines is 1. The van der Waals surface area contributed by atoms with Crippen molar-refractivity contribution in [1.82, 2.24) is 9.97 Å². The fourth-order valence-corrected chi connectivity index (χ4v) is 1.10. The van der Waals surface area contributed by atoms with Crippen LogP contribution in [0.1, 0.15) is 19.3 Å². The summed E-state index contributed by atoms with van der Waals surface area (Å²) in [5.74, 6) is -0.470. The van der Waals surface area contributed by atoms with Crippen LogP contribution in [0, 0.1) is 0 Å². The third-order valence-corrected chi connectivity index (χ3v) is 1.94. The third-order valence-electron chi connectivity index (χ3n) is 1.94. The number of unbranched alkanes of at least 4 members (excludes halogenated alkanes) is 1. The van der Waals surface area contributed by atoms with Crippen LogP contribution >= 0.6 is 0 Å². The van der Waals surface area contributed by atoms with Gasteiger partial charge in [0.2, 0.25) is 0 Å². The van der Waals surface area contributed by atoms with Crippen molar-refractivity contribution in [1.29, 1.82) is 0 Å². The van der Waals surface area contributed by atoms with Gasteiger partial charge in [0.25, 0.3) is 0 Å². The van der Waals surface area contributed by atoms with Crippen LogP contribution in [0.2, 0.25) is 0 Å². The smallest absolute Gasteiger partial charge is 0.330 e. The number of hydrogen-bond acceptors (Lipinski definition) is 5. The maximum atomic E-state index is 11.4. The van der Waals surface area contributed by atoms with E-state index >= 15 is 0 Å². The quantitative estimate of drug-likeness (QED) is 0.446. The lowest BCUT2D eigenvalue weighted by Gasteiger charge is -2.08. The SMILES string of the molecule is NCCCC[C@H](N)C(=O)Oc1ncc[nH]1. The summed E-state index contributed by atoms with van der Waals surface area (Å²) in [6, 6.07) is -0.434. The zero-order chi connectivity index (χ0) is 11.1. The number of aromatic nitrogens is 2. The van der Waals surface area contributed by atoms with E-state index < -0.39 is 12.0 Å². The topological polar surface area (TPSA) is 107 Å². The zero-order valence-corrected chi connectivity index (χ0v) is 8.48. The molecule has 0 aliphatic heterocycles. The van der Waals surface area contributed by atoms with Gasteiger partial charge in [0.05, 0.1) is 0 Å². The molecule has 0 radical (unpaired) electrons. The first kappa shape index (κ1) is 11.7. The van der Waals surface area contributed by atoms with Gasteiger partial charge in [-0.05, 0) is 19.4 Å². The Morgan fingerprint density at radius 3 is 3.00 bits per heavy atom. The molecule has 0 aliphatic rings. The van der Waals surface area contributed by atoms with Crippen molar-refractivity contribution >= 4 is 5.97 Å². The predicted octanol–water partition coefficient (Wildman–Crippen LogP) is -0.229. The summed E-state index contributed by atoms with van der Waals surface area (Å²) in [5.41, 5.74) is 10.9. The Morgan fingerprint density at radius 2 is 2.40 bits per heavy atom. The van der Waals surface area contributed by atoms with Gasteiger partial charge in [-0.1, -0.05) is 6.42 Å². The van der Waals surface area contributed by atoms with Gasteiger partial charge in [-0.15, -0.1) is 0 Å². The second-order valence-corrected chi connectivity index (χ2v) is 3.21. The lowest BCUT2D eigenvalue weighted by Crippen LogP contribution is -2.34. The Kier molecular flexibility index (Phi) is 4.79. The summed E-state index contributed by atoms with van der Waals surface area (Å²) >= 11 is 0. The third kappa shape index (κ3) is 4.09. The fourth-order valence-electron chi connectivity index (χ4n) is 1.10. The number of nitrogens with zero attached hydrogens (tertiary/aromatic N) is 1. The van der Waals surface area contributed by atoms with Crippen molar-refractivity contribution in [3.8, 4) is 6.01 Å². The molecule has 1 rings (SSSR count). The molecule has 0 fully saturated rings. The van der Waals surface area contributed by atoms with Gasteiger partial charge in [0.15, 0.2) is 0 Å². The summed E-state index contributed by atoms with van der Waals surface area (Å²) in [6.07, 6.45) is 5.34. The van der Waals surface area contributed by atoms with Crippen molar-refractivity contribution in [2.24, 2.45) is 11.5 Å². The average molecular weight is 212 g/mol. The molecule has 1 atom stereocenters. The molecule has 15 heavy (non-hydrogen) atoms. The van der Waals surface area contributed by atoms with Crippen LogP contribution in [0.25, 0.3) is 0 Å². The first-order chi connectivity index (χ1) is 7.24. The van der Waals surface area contributed by atoms with Gasteiger partial charge >= 0.3 is 12.0 Å². The van der Waals surface area contributed by atoms with E-state index in [9.17, 15) is 4.79 Å². The summed E-state index contributed by atoms with van der Waals surface area (Å²) in [7, 11) is 0. The molecule has 0 unspecified atom stereocenters. The Bertz CT molecular complexity index is 286. The van der Waals surface area contributed by atoms with Crippen molar-refractivity contribution in [3.05, 3.63) is 12.4 Å². The van der Waals surface area contributed by atoms with Gasteiger partial charge in [-0.2, -0.15) is 0 Å². The number of H-pyrrole nitrogens is 1. The molecule has 0 saturated heterocycles. The Hall–Kier alpha value is -1.40. The number of nitrogens with one attached hydrogen (secondary N) is 1. The number of ether oxygens (including phenoxy) is 1. The first-order valence-corrected chi connectivity index (χ1v) is 4.90. The Morgan fingerprint density at radius 1 is 1.60 bits per heavy atom. The van der Waals surface area contributed by atoms with Gasteiger partial charge in [0.1, 0.15) is 6.04 Å². The molecular formula is C9H16N4O2. The lowest BCUT2D eigenvalue weighted by molar-refractivity contribution is -0.136. The van der Waals surface area contributed by atoms with Gasteiger partial charge in [-0.25, -0.2) is 9.78 Å². The van der Waals surface area contributed by atoms with Crippen LogP contribution in [0.3, 0.4) is 0 Å². The second-order valence-electron chi connectivity index (χ2n) is 3.21. The van der Waals surface area contributed by atoms with E-state index in [1.54, 1.807) is 6.20 Å². The lowest BCUT2D eigenvalue weighted by atomic mass is 10.1. The maximum Gasteiger partial charge on any atom is 0.330 e. The molecule has 1 aromatic heterocycles. The molecule has 0 aliphatic carbocycles. The van der Waals surface area contributed by atoms with Crippen molar-refractivity contribution in [2.75, 3.05) is 6.54 Å². The number of nitrogens with two attached hydrogens (primary N) is 2. The van der Waals surface area contributed by atoms with Crippen molar-refractivity contribution < 1.29 is 9.53 Å². The van der Waals surface area contributed by atoms with E-state index in [0.29, 0.717) is 13.0 Å². The minimum atomic E-state index is -0.610. The van der Waals surface area contributed by atoms with Crippen LogP contribution in [0.5, 0.6) is 6.01 Å². The second kappa shape index (κ2) is 6.15. The number of carbonyl (C=O) groups excluding carboxylic acids is 1. The van der Waals surface area contributed by atoms with Crippen molar-refractivity contribution in [3.63, 3.8) is 0 Å². The number of imidazole rings is 1. The van der Waals surface area contributed by atoms with Gasteiger partial charge in [0, 0.05) is 12.4 Å². The molecule has 6 nitrogen and oxygen atoms in total. The molecule has 0 spiro atoms. The highest BCUT2D eigenvalue weighted by Crippen LogP contribution is 2.03. The molecule has 0 amide bonds. The van der Waals surface area contributed by atoms with E-state index in [-0.39, 0.29) is 6.01 Å². The summed E-state index contributed by atoms with van der Waals surface area (Å²) in [5, 5.41) is 0. The number of carbonyl (C=O) groups is 1. The number of hydrogen-bond donors (Lipinski definition) is 3. The molecule has 5 N–H and O–H groups in total. The predicted molar refractivity (Wildman–Crippen MR) is 55.1 cm³/mol. The number of esters is 1. The Balaban J connectivity index is 2.27. The number of rotatable bonds is 6. The van der Waals surface area contributed by atoms with E-state index in [4.69, 9.17) is 16.2 Å². The first-order valence-electron chi connectivity index (χ1n) is 4.90. The molecule has 84 valence electrons. The molecule has 6 heteroatoms. The van der Waals surface area contributed by atoms with E-state index in [1.165, 1.54) is 6.20 Å².